The number of piperidine rings is 1. The van der Waals surface area contributed by atoms with E-state index in [0.717, 1.165) is 24.8 Å². The number of nitrogens with one attached hydrogen (secondary N) is 1. The first-order valence-corrected chi connectivity index (χ1v) is 11.6. The van der Waals surface area contributed by atoms with Gasteiger partial charge in [-0.3, -0.25) is 4.79 Å². The molecule has 1 fully saturated rings. The van der Waals surface area contributed by atoms with Gasteiger partial charge in [0, 0.05) is 30.7 Å². The fourth-order valence-corrected chi connectivity index (χ4v) is 5.10. The molecule has 30 heavy (non-hydrogen) atoms. The highest BCUT2D eigenvalue weighted by atomic mass is 35.5. The third-order valence-corrected chi connectivity index (χ3v) is 7.10. The molecule has 1 saturated heterocycles. The molecule has 0 spiro atoms. The van der Waals surface area contributed by atoms with E-state index in [0.29, 0.717) is 36.0 Å². The Morgan fingerprint density at radius 3 is 2.50 bits per heavy atom. The van der Waals surface area contributed by atoms with Gasteiger partial charge in [0.05, 0.1) is 7.11 Å². The van der Waals surface area contributed by atoms with E-state index in [1.54, 1.807) is 36.4 Å². The molecule has 1 heterocycles. The molecule has 1 aliphatic heterocycles. The molecule has 0 aliphatic carbocycles. The van der Waals surface area contributed by atoms with Gasteiger partial charge in [0.2, 0.25) is 15.9 Å². The van der Waals surface area contributed by atoms with Crippen LogP contribution in [-0.4, -0.2) is 38.8 Å². The van der Waals surface area contributed by atoms with E-state index in [-0.39, 0.29) is 10.8 Å². The van der Waals surface area contributed by atoms with E-state index in [1.165, 1.54) is 17.5 Å². The first-order valence-electron chi connectivity index (χ1n) is 9.79. The Kier molecular flexibility index (Phi) is 7.53. The van der Waals surface area contributed by atoms with Crippen molar-refractivity contribution in [1.29, 1.82) is 0 Å². The highest BCUT2D eigenvalue weighted by Gasteiger charge is 2.28. The monoisotopic (exact) mass is 448 g/mol. The van der Waals surface area contributed by atoms with Gasteiger partial charge in [0.25, 0.3) is 0 Å². The number of halogens is 1. The van der Waals surface area contributed by atoms with Gasteiger partial charge in [0.1, 0.15) is 10.6 Å². The summed E-state index contributed by atoms with van der Waals surface area (Å²) in [5.41, 5.74) is 1.54. The lowest BCUT2D eigenvalue weighted by Gasteiger charge is -2.26. The maximum absolute atomic E-state index is 13.1. The molecule has 2 aromatic rings. The zero-order valence-electron chi connectivity index (χ0n) is 16.8. The van der Waals surface area contributed by atoms with Crippen LogP contribution in [0.1, 0.15) is 30.4 Å². The summed E-state index contributed by atoms with van der Waals surface area (Å²) in [6.45, 7) is 1.40. The number of hydrogen-bond donors (Lipinski definition) is 1. The molecule has 6 nitrogen and oxygen atoms in total. The van der Waals surface area contributed by atoms with Crippen LogP contribution in [0.15, 0.2) is 53.4 Å². The third-order valence-electron chi connectivity index (χ3n) is 4.93. The van der Waals surface area contributed by atoms with Crippen molar-refractivity contribution in [2.24, 2.45) is 0 Å². The van der Waals surface area contributed by atoms with Crippen molar-refractivity contribution < 1.29 is 17.9 Å². The summed E-state index contributed by atoms with van der Waals surface area (Å²) >= 11 is 5.85. The fourth-order valence-electron chi connectivity index (χ4n) is 3.27. The number of methoxy groups -OCH3 is 1. The van der Waals surface area contributed by atoms with Crippen LogP contribution in [0.3, 0.4) is 0 Å². The van der Waals surface area contributed by atoms with Crippen molar-refractivity contribution in [3.8, 4) is 5.75 Å². The van der Waals surface area contributed by atoms with Crippen LogP contribution in [-0.2, 0) is 21.4 Å². The first kappa shape index (κ1) is 22.3. The van der Waals surface area contributed by atoms with Crippen LogP contribution < -0.4 is 10.1 Å². The molecule has 2 aromatic carbocycles. The molecule has 0 aromatic heterocycles. The topological polar surface area (TPSA) is 75.7 Å². The lowest BCUT2D eigenvalue weighted by Crippen LogP contribution is -2.35. The van der Waals surface area contributed by atoms with Crippen LogP contribution >= 0.6 is 11.6 Å². The van der Waals surface area contributed by atoms with Crippen LogP contribution in [0, 0.1) is 0 Å². The van der Waals surface area contributed by atoms with E-state index in [2.05, 4.69) is 5.32 Å². The normalized spacial score (nSPS) is 15.3. The van der Waals surface area contributed by atoms with Crippen LogP contribution in [0.5, 0.6) is 5.75 Å². The van der Waals surface area contributed by atoms with Crippen molar-refractivity contribution in [1.82, 2.24) is 9.62 Å². The minimum absolute atomic E-state index is 0.121. The van der Waals surface area contributed by atoms with Gasteiger partial charge in [-0.2, -0.15) is 4.31 Å². The van der Waals surface area contributed by atoms with E-state index >= 15 is 0 Å². The third kappa shape index (κ3) is 5.62. The summed E-state index contributed by atoms with van der Waals surface area (Å²) in [4.78, 5) is 12.3. The van der Waals surface area contributed by atoms with E-state index in [9.17, 15) is 13.2 Å². The number of ether oxygens (including phenoxy) is 1. The number of carbonyl (C=O) groups excluding carboxylic acids is 1. The predicted octanol–water partition coefficient (Wildman–Crippen LogP) is 3.85. The van der Waals surface area contributed by atoms with Gasteiger partial charge in [-0.05, 0) is 54.3 Å². The van der Waals surface area contributed by atoms with Crippen LogP contribution in [0.4, 0.5) is 0 Å². The highest BCUT2D eigenvalue weighted by Crippen LogP contribution is 2.30. The molecule has 160 valence electrons. The number of benzene rings is 2. The lowest BCUT2D eigenvalue weighted by atomic mass is 10.2. The van der Waals surface area contributed by atoms with Gasteiger partial charge in [0.15, 0.2) is 0 Å². The largest absolute Gasteiger partial charge is 0.495 e. The van der Waals surface area contributed by atoms with E-state index in [4.69, 9.17) is 16.3 Å². The summed E-state index contributed by atoms with van der Waals surface area (Å²) in [7, 11) is -2.20. The van der Waals surface area contributed by atoms with Crippen molar-refractivity contribution in [3.63, 3.8) is 0 Å². The number of nitrogens with zero attached hydrogens (tertiary/aromatic N) is 1. The summed E-state index contributed by atoms with van der Waals surface area (Å²) in [5, 5.41) is 3.43. The Hall–Kier alpha value is -2.35. The molecule has 0 unspecified atom stereocenters. The van der Waals surface area contributed by atoms with Gasteiger partial charge in [-0.15, -0.1) is 0 Å². The maximum Gasteiger partial charge on any atom is 0.246 e. The molecular formula is C22H25ClN2O4S. The van der Waals surface area contributed by atoms with E-state index < -0.39 is 10.0 Å². The summed E-state index contributed by atoms with van der Waals surface area (Å²) in [5.74, 6) is 0.0196. The summed E-state index contributed by atoms with van der Waals surface area (Å²) in [6, 6.07) is 12.1. The summed E-state index contributed by atoms with van der Waals surface area (Å²) < 4.78 is 32.9. The van der Waals surface area contributed by atoms with E-state index in [1.807, 2.05) is 12.1 Å². The maximum atomic E-state index is 13.1. The fraction of sp³-hybridized carbons (Fsp3) is 0.318. The van der Waals surface area contributed by atoms with Gasteiger partial charge >= 0.3 is 0 Å². The molecular weight excluding hydrogens is 424 g/mol. The van der Waals surface area contributed by atoms with Crippen molar-refractivity contribution in [2.75, 3.05) is 20.2 Å². The highest BCUT2D eigenvalue weighted by molar-refractivity contribution is 7.89. The number of rotatable bonds is 7. The average molecular weight is 449 g/mol. The number of hydrogen-bond acceptors (Lipinski definition) is 4. The summed E-state index contributed by atoms with van der Waals surface area (Å²) in [6.07, 6.45) is 5.72. The molecule has 1 aliphatic rings. The first-order chi connectivity index (χ1) is 14.4. The molecule has 0 saturated carbocycles. The van der Waals surface area contributed by atoms with Gasteiger partial charge in [-0.1, -0.05) is 36.2 Å². The molecule has 3 rings (SSSR count). The SMILES string of the molecule is COc1ccc(C=CC(=O)NCc2ccc(Cl)cc2)cc1S(=O)(=O)N1CCCCC1. The van der Waals surface area contributed by atoms with Gasteiger partial charge < -0.3 is 10.1 Å². The zero-order chi connectivity index (χ0) is 21.6. The molecule has 1 amide bonds. The number of sulfonamides is 1. The quantitative estimate of drug-likeness (QED) is 0.653. The zero-order valence-corrected chi connectivity index (χ0v) is 18.4. The van der Waals surface area contributed by atoms with Crippen LogP contribution in [0.25, 0.3) is 6.08 Å². The Balaban J connectivity index is 1.72. The molecule has 0 radical (unpaired) electrons. The molecule has 8 heteroatoms. The van der Waals surface area contributed by atoms with Crippen molar-refractivity contribution in [3.05, 3.63) is 64.7 Å². The number of carbonyl (C=O) groups is 1. The Morgan fingerprint density at radius 2 is 1.83 bits per heavy atom. The minimum atomic E-state index is -3.65. The second kappa shape index (κ2) is 10.1. The predicted molar refractivity (Wildman–Crippen MR) is 118 cm³/mol. The van der Waals surface area contributed by atoms with Crippen LogP contribution in [0.2, 0.25) is 5.02 Å². The molecule has 1 N–H and O–H groups in total. The van der Waals surface area contributed by atoms with Crippen molar-refractivity contribution >= 4 is 33.6 Å². The Labute approximate surface area is 182 Å². The Bertz CT molecular complexity index is 1010. The lowest BCUT2D eigenvalue weighted by molar-refractivity contribution is -0.116. The standard InChI is InChI=1S/C22H25ClN2O4S/c1-29-20-11-7-17(15-21(20)30(27,28)25-13-3-2-4-14-25)8-12-22(26)24-16-18-5-9-19(23)10-6-18/h5-12,15H,2-4,13-14,16H2,1H3,(H,24,26). The number of amides is 1. The van der Waals surface area contributed by atoms with Gasteiger partial charge in [-0.25, -0.2) is 8.42 Å². The Morgan fingerprint density at radius 1 is 1.13 bits per heavy atom. The second-order valence-corrected chi connectivity index (χ2v) is 9.40. The second-order valence-electron chi connectivity index (χ2n) is 7.05. The molecule has 0 bridgehead atoms. The molecule has 0 atom stereocenters. The average Bonchev–Trinajstić information content (AvgIpc) is 2.77. The minimum Gasteiger partial charge on any atom is -0.495 e. The smallest absolute Gasteiger partial charge is 0.246 e. The van der Waals surface area contributed by atoms with Crippen molar-refractivity contribution in [2.45, 2.75) is 30.7 Å².